The third kappa shape index (κ3) is 3.93. The molecule has 3 nitrogen and oxygen atoms in total. The van der Waals surface area contributed by atoms with E-state index < -0.39 is 10.8 Å². The Balaban J connectivity index is 2.28. The van der Waals surface area contributed by atoms with E-state index in [1.807, 2.05) is 31.2 Å². The molecule has 0 aliphatic rings. The summed E-state index contributed by atoms with van der Waals surface area (Å²) in [5.74, 6) is 0.135. The molecule has 0 radical (unpaired) electrons. The van der Waals surface area contributed by atoms with E-state index in [0.717, 1.165) is 11.1 Å². The Morgan fingerprint density at radius 2 is 1.90 bits per heavy atom. The molecule has 2 aromatic carbocycles. The number of para-hydroxylation sites is 1. The van der Waals surface area contributed by atoms with E-state index in [-0.39, 0.29) is 5.91 Å². The van der Waals surface area contributed by atoms with Crippen molar-refractivity contribution >= 4 is 34.0 Å². The van der Waals surface area contributed by atoms with Gasteiger partial charge >= 0.3 is 0 Å². The van der Waals surface area contributed by atoms with E-state index >= 15 is 0 Å². The lowest BCUT2D eigenvalue weighted by molar-refractivity contribution is 0.102. The molecule has 5 heteroatoms. The van der Waals surface area contributed by atoms with Crippen LogP contribution in [0, 0.1) is 6.92 Å². The summed E-state index contributed by atoms with van der Waals surface area (Å²) in [7, 11) is -0.972. The van der Waals surface area contributed by atoms with Gasteiger partial charge < -0.3 is 5.32 Å². The third-order valence-electron chi connectivity index (χ3n) is 3.06. The van der Waals surface area contributed by atoms with Crippen molar-refractivity contribution in [3.8, 4) is 0 Å². The number of carbonyl (C=O) groups excluding carboxylic acids is 1. The van der Waals surface area contributed by atoms with Crippen LogP contribution in [0.15, 0.2) is 42.5 Å². The number of nitrogens with one attached hydrogen (secondary N) is 1. The molecule has 0 bridgehead atoms. The van der Waals surface area contributed by atoms with Gasteiger partial charge in [0, 0.05) is 22.7 Å². The Kier molecular flexibility index (Phi) is 5.15. The second-order valence-corrected chi connectivity index (χ2v) is 6.58. The number of halogens is 1. The first-order valence-electron chi connectivity index (χ1n) is 6.43. The highest BCUT2D eigenvalue weighted by molar-refractivity contribution is 7.83. The summed E-state index contributed by atoms with van der Waals surface area (Å²) in [5, 5.41) is 3.29. The van der Waals surface area contributed by atoms with Gasteiger partial charge in [-0.2, -0.15) is 0 Å². The van der Waals surface area contributed by atoms with E-state index in [4.69, 9.17) is 11.6 Å². The van der Waals surface area contributed by atoms with Crippen LogP contribution in [0.25, 0.3) is 0 Å². The molecule has 1 amide bonds. The minimum absolute atomic E-state index is 0.266. The molecule has 0 heterocycles. The fraction of sp³-hybridized carbons (Fsp3) is 0.188. The molecule has 21 heavy (non-hydrogen) atoms. The van der Waals surface area contributed by atoms with Gasteiger partial charge in [-0.15, -0.1) is 0 Å². The van der Waals surface area contributed by atoms with E-state index in [1.54, 1.807) is 24.5 Å². The van der Waals surface area contributed by atoms with Crippen LogP contribution in [0.3, 0.4) is 0 Å². The van der Waals surface area contributed by atoms with Gasteiger partial charge in [0.2, 0.25) is 0 Å². The molecule has 0 saturated heterocycles. The van der Waals surface area contributed by atoms with Gasteiger partial charge in [-0.3, -0.25) is 9.00 Å². The molecular weight excluding hydrogens is 306 g/mol. The maximum atomic E-state index is 12.4. The van der Waals surface area contributed by atoms with Gasteiger partial charge in [-0.05, 0) is 30.2 Å². The van der Waals surface area contributed by atoms with Crippen LogP contribution < -0.4 is 5.32 Å². The maximum absolute atomic E-state index is 12.4. The quantitative estimate of drug-likeness (QED) is 0.931. The molecule has 0 aliphatic heterocycles. The molecule has 0 fully saturated rings. The number of carbonyl (C=O) groups is 1. The number of rotatable bonds is 4. The molecule has 0 aromatic heterocycles. The largest absolute Gasteiger partial charge is 0.322 e. The summed E-state index contributed by atoms with van der Waals surface area (Å²) in [6, 6.07) is 12.7. The smallest absolute Gasteiger partial charge is 0.257 e. The molecule has 1 atom stereocenters. The number of hydrogen-bond donors (Lipinski definition) is 1. The molecule has 0 spiro atoms. The first kappa shape index (κ1) is 15.7. The number of aryl methyl sites for hydroxylation is 1. The van der Waals surface area contributed by atoms with Crippen molar-refractivity contribution in [1.82, 2.24) is 0 Å². The maximum Gasteiger partial charge on any atom is 0.257 e. The lowest BCUT2D eigenvalue weighted by Crippen LogP contribution is -2.14. The van der Waals surface area contributed by atoms with Crippen LogP contribution in [0.1, 0.15) is 21.5 Å². The monoisotopic (exact) mass is 321 g/mol. The molecule has 2 aromatic rings. The minimum atomic E-state index is -0.972. The molecule has 0 aliphatic carbocycles. The van der Waals surface area contributed by atoms with E-state index in [9.17, 15) is 9.00 Å². The van der Waals surface area contributed by atoms with Gasteiger partial charge in [0.25, 0.3) is 5.91 Å². The molecule has 110 valence electrons. The Labute approximate surface area is 131 Å². The van der Waals surface area contributed by atoms with Crippen molar-refractivity contribution in [3.05, 3.63) is 64.2 Å². The Bertz CT molecular complexity index is 700. The lowest BCUT2D eigenvalue weighted by atomic mass is 10.1. The predicted octanol–water partition coefficient (Wildman–Crippen LogP) is 3.78. The van der Waals surface area contributed by atoms with Gasteiger partial charge in [0.15, 0.2) is 0 Å². The Hall–Kier alpha value is -1.65. The number of hydrogen-bond acceptors (Lipinski definition) is 2. The topological polar surface area (TPSA) is 46.2 Å². The Morgan fingerprint density at radius 3 is 2.62 bits per heavy atom. The predicted molar refractivity (Wildman–Crippen MR) is 88.4 cm³/mol. The zero-order valence-corrected chi connectivity index (χ0v) is 13.4. The lowest BCUT2D eigenvalue weighted by Gasteiger charge is -2.11. The second kappa shape index (κ2) is 6.87. The standard InChI is InChI=1S/C16H16ClNO2S/c1-11-6-5-8-13(15(11)17)16(19)18-14-9-4-3-7-12(14)10-21(2)20/h3-9H,10H2,1-2H3,(H,18,19)/t21-/m1/s1. The molecule has 0 unspecified atom stereocenters. The number of anilines is 1. The van der Waals surface area contributed by atoms with E-state index in [2.05, 4.69) is 5.32 Å². The van der Waals surface area contributed by atoms with Gasteiger partial charge in [-0.25, -0.2) is 0 Å². The molecule has 0 saturated carbocycles. The van der Waals surface area contributed by atoms with Crippen LogP contribution in [0.2, 0.25) is 5.02 Å². The van der Waals surface area contributed by atoms with E-state index in [1.165, 1.54) is 0 Å². The fourth-order valence-corrected chi connectivity index (χ4v) is 2.90. The van der Waals surface area contributed by atoms with Crippen LogP contribution >= 0.6 is 11.6 Å². The summed E-state index contributed by atoms with van der Waals surface area (Å²) in [6.07, 6.45) is 1.63. The van der Waals surface area contributed by atoms with Crippen molar-refractivity contribution in [2.75, 3.05) is 11.6 Å². The summed E-state index contributed by atoms with van der Waals surface area (Å²) >= 11 is 6.17. The van der Waals surface area contributed by atoms with Crippen molar-refractivity contribution < 1.29 is 9.00 Å². The highest BCUT2D eigenvalue weighted by Crippen LogP contribution is 2.23. The fourth-order valence-electron chi connectivity index (χ4n) is 2.00. The first-order valence-corrected chi connectivity index (χ1v) is 8.54. The molecular formula is C16H16ClNO2S. The second-order valence-electron chi connectivity index (χ2n) is 4.77. The van der Waals surface area contributed by atoms with Crippen molar-refractivity contribution in [1.29, 1.82) is 0 Å². The Morgan fingerprint density at radius 1 is 1.19 bits per heavy atom. The average molecular weight is 322 g/mol. The van der Waals surface area contributed by atoms with Crippen LogP contribution in [0.4, 0.5) is 5.69 Å². The summed E-state index contributed by atoms with van der Waals surface area (Å²) in [5.41, 5.74) is 2.79. The zero-order valence-electron chi connectivity index (χ0n) is 11.9. The third-order valence-corrected chi connectivity index (χ3v) is 4.28. The number of amides is 1. The van der Waals surface area contributed by atoms with Crippen LogP contribution in [-0.4, -0.2) is 16.4 Å². The molecule has 1 N–H and O–H groups in total. The zero-order chi connectivity index (χ0) is 15.4. The summed E-state index contributed by atoms with van der Waals surface area (Å²) in [4.78, 5) is 12.4. The van der Waals surface area contributed by atoms with Crippen LogP contribution in [0.5, 0.6) is 0 Å². The van der Waals surface area contributed by atoms with E-state index in [0.29, 0.717) is 22.0 Å². The van der Waals surface area contributed by atoms with Gasteiger partial charge in [0.1, 0.15) is 0 Å². The van der Waals surface area contributed by atoms with Gasteiger partial charge in [-0.1, -0.05) is 41.9 Å². The minimum Gasteiger partial charge on any atom is -0.322 e. The summed E-state index contributed by atoms with van der Waals surface area (Å²) < 4.78 is 11.4. The van der Waals surface area contributed by atoms with Crippen molar-refractivity contribution in [3.63, 3.8) is 0 Å². The highest BCUT2D eigenvalue weighted by atomic mass is 35.5. The molecule has 2 rings (SSSR count). The summed E-state index contributed by atoms with van der Waals surface area (Å²) in [6.45, 7) is 1.85. The first-order chi connectivity index (χ1) is 9.99. The number of benzene rings is 2. The van der Waals surface area contributed by atoms with Crippen molar-refractivity contribution in [2.45, 2.75) is 12.7 Å². The van der Waals surface area contributed by atoms with Crippen LogP contribution in [-0.2, 0) is 16.6 Å². The van der Waals surface area contributed by atoms with Crippen molar-refractivity contribution in [2.24, 2.45) is 0 Å². The van der Waals surface area contributed by atoms with Gasteiger partial charge in [0.05, 0.1) is 16.3 Å². The average Bonchev–Trinajstić information content (AvgIpc) is 2.43. The highest BCUT2D eigenvalue weighted by Gasteiger charge is 2.13. The normalized spacial score (nSPS) is 12.0. The SMILES string of the molecule is Cc1cccc(C(=O)Nc2ccccc2C[S@@](C)=O)c1Cl.